The fourth-order valence-electron chi connectivity index (χ4n) is 1.88. The Hall–Kier alpha value is -2.04. The molecule has 5 heteroatoms. The summed E-state index contributed by atoms with van der Waals surface area (Å²) in [5.41, 5.74) is 2.91. The predicted molar refractivity (Wildman–Crippen MR) is 85.9 cm³/mol. The van der Waals surface area contributed by atoms with Gasteiger partial charge >= 0.3 is 6.03 Å². The Morgan fingerprint density at radius 2 is 1.95 bits per heavy atom. The number of anilines is 2. The summed E-state index contributed by atoms with van der Waals surface area (Å²) in [6, 6.07) is 12.1. The third-order valence-corrected chi connectivity index (χ3v) is 3.31. The second-order valence-electron chi connectivity index (χ2n) is 4.86. The first-order chi connectivity index (χ1) is 9.95. The number of aryl methyl sites for hydroxylation is 1. The Bertz CT molecular complexity index is 656. The van der Waals surface area contributed by atoms with E-state index in [1.54, 1.807) is 43.3 Å². The highest BCUT2D eigenvalue weighted by Gasteiger charge is 2.07. The number of nitrogens with one attached hydrogen (secondary N) is 2. The van der Waals surface area contributed by atoms with E-state index in [-0.39, 0.29) is 6.03 Å². The third-order valence-electron chi connectivity index (χ3n) is 3.00. The van der Waals surface area contributed by atoms with Crippen molar-refractivity contribution in [2.45, 2.75) is 20.0 Å². The van der Waals surface area contributed by atoms with Gasteiger partial charge in [-0.15, -0.1) is 0 Å². The number of hydrogen-bond donors (Lipinski definition) is 3. The quantitative estimate of drug-likeness (QED) is 0.789. The molecular formula is C16H17ClN2O2. The monoisotopic (exact) mass is 304 g/mol. The molecule has 2 rings (SSSR count). The minimum Gasteiger partial charge on any atom is -0.389 e. The zero-order valence-corrected chi connectivity index (χ0v) is 12.6. The molecule has 0 heterocycles. The van der Waals surface area contributed by atoms with E-state index in [9.17, 15) is 9.90 Å². The van der Waals surface area contributed by atoms with Gasteiger partial charge in [-0.3, -0.25) is 0 Å². The van der Waals surface area contributed by atoms with Gasteiger partial charge in [-0.25, -0.2) is 4.79 Å². The van der Waals surface area contributed by atoms with Crippen molar-refractivity contribution in [1.82, 2.24) is 0 Å². The summed E-state index contributed by atoms with van der Waals surface area (Å²) in [5.74, 6) is 0. The van der Waals surface area contributed by atoms with E-state index in [0.29, 0.717) is 16.4 Å². The van der Waals surface area contributed by atoms with Gasteiger partial charge in [-0.1, -0.05) is 29.8 Å². The molecule has 0 radical (unpaired) electrons. The van der Waals surface area contributed by atoms with Crippen LogP contribution in [0.25, 0.3) is 0 Å². The molecule has 110 valence electrons. The van der Waals surface area contributed by atoms with Crippen LogP contribution in [-0.4, -0.2) is 11.1 Å². The summed E-state index contributed by atoms with van der Waals surface area (Å²) in [6.45, 7) is 3.60. The van der Waals surface area contributed by atoms with Crippen LogP contribution in [0.2, 0.25) is 5.02 Å². The molecule has 4 nitrogen and oxygen atoms in total. The van der Waals surface area contributed by atoms with Crippen LogP contribution >= 0.6 is 11.6 Å². The molecule has 1 unspecified atom stereocenters. The lowest BCUT2D eigenvalue weighted by molar-refractivity contribution is 0.199. The normalized spacial score (nSPS) is 11.8. The number of carbonyl (C=O) groups excluding carboxylic acids is 1. The number of carbonyl (C=O) groups is 1. The van der Waals surface area contributed by atoms with Gasteiger partial charge < -0.3 is 15.7 Å². The maximum Gasteiger partial charge on any atom is 0.323 e. The zero-order chi connectivity index (χ0) is 15.4. The molecule has 0 aliphatic carbocycles. The van der Waals surface area contributed by atoms with Crippen molar-refractivity contribution in [3.63, 3.8) is 0 Å². The molecule has 0 aliphatic rings. The summed E-state index contributed by atoms with van der Waals surface area (Å²) < 4.78 is 0. The summed E-state index contributed by atoms with van der Waals surface area (Å²) in [4.78, 5) is 12.0. The van der Waals surface area contributed by atoms with E-state index >= 15 is 0 Å². The molecular weight excluding hydrogens is 288 g/mol. The van der Waals surface area contributed by atoms with E-state index in [0.717, 1.165) is 11.1 Å². The Labute approximate surface area is 128 Å². The smallest absolute Gasteiger partial charge is 0.323 e. The van der Waals surface area contributed by atoms with Crippen molar-refractivity contribution < 1.29 is 9.90 Å². The minimum absolute atomic E-state index is 0.386. The van der Waals surface area contributed by atoms with Crippen LogP contribution in [0.4, 0.5) is 16.2 Å². The van der Waals surface area contributed by atoms with Crippen molar-refractivity contribution >= 4 is 29.0 Å². The molecule has 0 saturated heterocycles. The summed E-state index contributed by atoms with van der Waals surface area (Å²) in [5, 5.41) is 15.4. The average molecular weight is 305 g/mol. The van der Waals surface area contributed by atoms with Gasteiger partial charge in [-0.2, -0.15) is 0 Å². The van der Waals surface area contributed by atoms with Gasteiger partial charge in [0, 0.05) is 5.69 Å². The average Bonchev–Trinajstić information content (AvgIpc) is 2.42. The largest absolute Gasteiger partial charge is 0.389 e. The molecule has 0 spiro atoms. The standard InChI is InChI=1S/C16H17ClN2O2/c1-10-6-7-15(14(17)8-10)19-16(21)18-13-5-3-4-12(9-13)11(2)20/h3-9,11,20H,1-2H3,(H2,18,19,21). The number of hydrogen-bond acceptors (Lipinski definition) is 2. The van der Waals surface area contributed by atoms with Crippen LogP contribution in [0.1, 0.15) is 24.2 Å². The first kappa shape index (κ1) is 15.4. The van der Waals surface area contributed by atoms with Gasteiger partial charge in [0.05, 0.1) is 16.8 Å². The molecule has 2 amide bonds. The Kier molecular flexibility index (Phi) is 4.83. The number of amides is 2. The Morgan fingerprint density at radius 1 is 1.19 bits per heavy atom. The Balaban J connectivity index is 2.06. The second-order valence-corrected chi connectivity index (χ2v) is 5.27. The van der Waals surface area contributed by atoms with Crippen molar-refractivity contribution in [2.24, 2.45) is 0 Å². The number of rotatable bonds is 3. The van der Waals surface area contributed by atoms with Gasteiger partial charge in [0.2, 0.25) is 0 Å². The topological polar surface area (TPSA) is 61.4 Å². The van der Waals surface area contributed by atoms with E-state index in [1.165, 1.54) is 0 Å². The zero-order valence-electron chi connectivity index (χ0n) is 11.9. The fraction of sp³-hybridized carbons (Fsp3) is 0.188. The lowest BCUT2D eigenvalue weighted by Crippen LogP contribution is -2.19. The lowest BCUT2D eigenvalue weighted by atomic mass is 10.1. The van der Waals surface area contributed by atoms with Gasteiger partial charge in [0.15, 0.2) is 0 Å². The lowest BCUT2D eigenvalue weighted by Gasteiger charge is -2.11. The summed E-state index contributed by atoms with van der Waals surface area (Å²) in [6.07, 6.45) is -0.582. The van der Waals surface area contributed by atoms with Crippen molar-refractivity contribution in [1.29, 1.82) is 0 Å². The molecule has 3 N–H and O–H groups in total. The molecule has 0 bridgehead atoms. The molecule has 2 aromatic rings. The van der Waals surface area contributed by atoms with E-state index in [2.05, 4.69) is 10.6 Å². The molecule has 0 saturated carbocycles. The Morgan fingerprint density at radius 3 is 2.62 bits per heavy atom. The van der Waals surface area contributed by atoms with Crippen LogP contribution in [0.5, 0.6) is 0 Å². The van der Waals surface area contributed by atoms with Crippen molar-refractivity contribution in [3.8, 4) is 0 Å². The number of aliphatic hydroxyl groups excluding tert-OH is 1. The number of aliphatic hydroxyl groups is 1. The summed E-state index contributed by atoms with van der Waals surface area (Å²) in [7, 11) is 0. The SMILES string of the molecule is Cc1ccc(NC(=O)Nc2cccc(C(C)O)c2)c(Cl)c1. The molecule has 0 aliphatic heterocycles. The molecule has 0 aromatic heterocycles. The fourth-order valence-corrected chi connectivity index (χ4v) is 2.16. The highest BCUT2D eigenvalue weighted by atomic mass is 35.5. The van der Waals surface area contributed by atoms with Gasteiger partial charge in [0.1, 0.15) is 0 Å². The van der Waals surface area contributed by atoms with Crippen molar-refractivity contribution in [2.75, 3.05) is 10.6 Å². The first-order valence-electron chi connectivity index (χ1n) is 6.58. The maximum atomic E-state index is 12.0. The first-order valence-corrected chi connectivity index (χ1v) is 6.95. The molecule has 2 aromatic carbocycles. The molecule has 1 atom stereocenters. The van der Waals surface area contributed by atoms with E-state index in [1.807, 2.05) is 13.0 Å². The molecule has 0 fully saturated rings. The van der Waals surface area contributed by atoms with Crippen LogP contribution in [0.15, 0.2) is 42.5 Å². The van der Waals surface area contributed by atoms with Gasteiger partial charge in [-0.05, 0) is 49.2 Å². The highest BCUT2D eigenvalue weighted by molar-refractivity contribution is 6.33. The molecule has 21 heavy (non-hydrogen) atoms. The third kappa shape index (κ3) is 4.21. The predicted octanol–water partition coefficient (Wildman–Crippen LogP) is 4.35. The van der Waals surface area contributed by atoms with Crippen molar-refractivity contribution in [3.05, 3.63) is 58.6 Å². The van der Waals surface area contributed by atoms with Crippen LogP contribution in [0, 0.1) is 6.92 Å². The maximum absolute atomic E-state index is 12.0. The van der Waals surface area contributed by atoms with Gasteiger partial charge in [0.25, 0.3) is 0 Å². The second kappa shape index (κ2) is 6.61. The number of benzene rings is 2. The van der Waals surface area contributed by atoms with E-state index < -0.39 is 6.10 Å². The number of urea groups is 1. The summed E-state index contributed by atoms with van der Waals surface area (Å²) >= 11 is 6.07. The highest BCUT2D eigenvalue weighted by Crippen LogP contribution is 2.23. The number of halogens is 1. The van der Waals surface area contributed by atoms with Crippen LogP contribution in [-0.2, 0) is 0 Å². The minimum atomic E-state index is -0.582. The van der Waals surface area contributed by atoms with Crippen LogP contribution in [0.3, 0.4) is 0 Å². The van der Waals surface area contributed by atoms with Crippen LogP contribution < -0.4 is 10.6 Å². The van der Waals surface area contributed by atoms with E-state index in [4.69, 9.17) is 11.6 Å².